The fourth-order valence-electron chi connectivity index (χ4n) is 4.44. The summed E-state index contributed by atoms with van der Waals surface area (Å²) < 4.78 is 5.25. The molecule has 0 saturated carbocycles. The van der Waals surface area contributed by atoms with Gasteiger partial charge in [0.1, 0.15) is 11.4 Å². The molecule has 1 amide bonds. The minimum atomic E-state index is 0.126. The first kappa shape index (κ1) is 17.8. The van der Waals surface area contributed by atoms with Gasteiger partial charge in [-0.25, -0.2) is 4.98 Å². The maximum absolute atomic E-state index is 12.8. The highest BCUT2D eigenvalue weighted by atomic mass is 16.5. The van der Waals surface area contributed by atoms with E-state index in [2.05, 4.69) is 34.3 Å². The van der Waals surface area contributed by atoms with Crippen LogP contribution in [0.3, 0.4) is 0 Å². The molecular weight excluding hydrogens is 340 g/mol. The van der Waals surface area contributed by atoms with Crippen LogP contribution in [0.25, 0.3) is 11.0 Å². The number of H-pyrrole nitrogens is 1. The molecule has 1 unspecified atom stereocenters. The number of carbonyl (C=O) groups is 1. The number of hydrogen-bond donors (Lipinski definition) is 1. The van der Waals surface area contributed by atoms with Crippen LogP contribution in [-0.4, -0.2) is 39.0 Å². The first-order chi connectivity index (χ1) is 13.0. The summed E-state index contributed by atoms with van der Waals surface area (Å²) in [5.41, 5.74) is 4.23. The maximum atomic E-state index is 12.8. The van der Waals surface area contributed by atoms with Crippen molar-refractivity contribution in [2.24, 2.45) is 0 Å². The van der Waals surface area contributed by atoms with E-state index in [-0.39, 0.29) is 11.8 Å². The average Bonchev–Trinajstić information content (AvgIpc) is 3.25. The average molecular weight is 366 g/mol. The molecular formula is C21H26N4O2. The third kappa shape index (κ3) is 3.36. The Labute approximate surface area is 158 Å². The fraction of sp³-hybridized carbons (Fsp3) is 0.476. The number of piperidine rings is 1. The van der Waals surface area contributed by atoms with Crippen LogP contribution >= 0.6 is 0 Å². The lowest BCUT2D eigenvalue weighted by Crippen LogP contribution is -2.38. The molecule has 1 aliphatic heterocycles. The van der Waals surface area contributed by atoms with Crippen LogP contribution in [0.4, 0.5) is 0 Å². The zero-order valence-corrected chi connectivity index (χ0v) is 16.2. The normalized spacial score (nSPS) is 16.8. The monoisotopic (exact) mass is 366 g/mol. The predicted molar refractivity (Wildman–Crippen MR) is 104 cm³/mol. The number of aryl methyl sites for hydroxylation is 2. The van der Waals surface area contributed by atoms with Crippen LogP contribution in [-0.2, 0) is 4.79 Å². The topological polar surface area (TPSA) is 75.0 Å². The number of fused-ring (bicyclic) bond motifs is 1. The maximum Gasteiger partial charge on any atom is 0.223 e. The van der Waals surface area contributed by atoms with Gasteiger partial charge in [0.2, 0.25) is 5.91 Å². The van der Waals surface area contributed by atoms with Gasteiger partial charge in [-0.1, -0.05) is 12.1 Å². The third-order valence-electron chi connectivity index (χ3n) is 5.83. The van der Waals surface area contributed by atoms with Crippen molar-refractivity contribution in [1.82, 2.24) is 20.0 Å². The van der Waals surface area contributed by atoms with Gasteiger partial charge < -0.3 is 14.4 Å². The van der Waals surface area contributed by atoms with Crippen molar-refractivity contribution in [3.05, 3.63) is 47.1 Å². The molecule has 1 aliphatic rings. The molecule has 0 radical (unpaired) electrons. The highest BCUT2D eigenvalue weighted by molar-refractivity contribution is 5.80. The molecule has 4 heterocycles. The molecule has 6 nitrogen and oxygen atoms in total. The highest BCUT2D eigenvalue weighted by Crippen LogP contribution is 2.33. The molecule has 0 aliphatic carbocycles. The van der Waals surface area contributed by atoms with E-state index in [4.69, 9.17) is 4.52 Å². The van der Waals surface area contributed by atoms with Crippen molar-refractivity contribution in [3.8, 4) is 0 Å². The number of nitrogens with zero attached hydrogens (tertiary/aromatic N) is 3. The summed E-state index contributed by atoms with van der Waals surface area (Å²) in [6.45, 7) is 7.55. The van der Waals surface area contributed by atoms with E-state index in [1.807, 2.05) is 31.0 Å². The highest BCUT2D eigenvalue weighted by Gasteiger charge is 2.27. The number of nitrogens with one attached hydrogen (secondary N) is 1. The minimum Gasteiger partial charge on any atom is -0.361 e. The first-order valence-corrected chi connectivity index (χ1v) is 9.67. The van der Waals surface area contributed by atoms with Crippen molar-refractivity contribution in [2.75, 3.05) is 13.1 Å². The molecule has 1 N–H and O–H groups in total. The summed E-state index contributed by atoms with van der Waals surface area (Å²) in [5, 5.41) is 5.22. The number of amides is 1. The SMILES string of the molecule is Cc1noc(C)c1C(C)CC(=O)N1CCC(c2c[nH]c3ncccc23)CC1. The Bertz CT molecular complexity index is 931. The second-order valence-corrected chi connectivity index (χ2v) is 7.64. The quantitative estimate of drug-likeness (QED) is 0.755. The Kier molecular flexibility index (Phi) is 4.72. The van der Waals surface area contributed by atoms with E-state index in [9.17, 15) is 4.79 Å². The third-order valence-corrected chi connectivity index (χ3v) is 5.83. The number of aromatic amines is 1. The van der Waals surface area contributed by atoms with Crippen LogP contribution in [0.1, 0.15) is 60.6 Å². The number of pyridine rings is 1. The standard InChI is InChI=1S/C21H26N4O2/c1-13(20-14(2)24-27-15(20)3)11-19(26)25-9-6-16(7-10-25)18-12-23-21-17(18)5-4-8-22-21/h4-5,8,12-13,16H,6-7,9-11H2,1-3H3,(H,22,23). The number of hydrogen-bond acceptors (Lipinski definition) is 4. The predicted octanol–water partition coefficient (Wildman–Crippen LogP) is 4.07. The summed E-state index contributed by atoms with van der Waals surface area (Å²) in [7, 11) is 0. The van der Waals surface area contributed by atoms with Crippen molar-refractivity contribution >= 4 is 16.9 Å². The molecule has 3 aromatic rings. The van der Waals surface area contributed by atoms with E-state index < -0.39 is 0 Å². The lowest BCUT2D eigenvalue weighted by atomic mass is 9.89. The number of likely N-dealkylation sites (tertiary alicyclic amines) is 1. The largest absolute Gasteiger partial charge is 0.361 e. The number of aromatic nitrogens is 3. The van der Waals surface area contributed by atoms with Crippen LogP contribution in [0.2, 0.25) is 0 Å². The Hall–Kier alpha value is -2.63. The number of rotatable bonds is 4. The van der Waals surface area contributed by atoms with Gasteiger partial charge in [-0.05, 0) is 56.2 Å². The zero-order valence-electron chi connectivity index (χ0n) is 16.2. The molecule has 1 saturated heterocycles. The van der Waals surface area contributed by atoms with Gasteiger partial charge in [0.05, 0.1) is 5.69 Å². The molecule has 4 rings (SSSR count). The van der Waals surface area contributed by atoms with Crippen LogP contribution in [0.15, 0.2) is 29.0 Å². The molecule has 1 atom stereocenters. The summed E-state index contributed by atoms with van der Waals surface area (Å²) >= 11 is 0. The second-order valence-electron chi connectivity index (χ2n) is 7.64. The van der Waals surface area contributed by atoms with Crippen molar-refractivity contribution in [2.45, 2.75) is 51.9 Å². The molecule has 0 spiro atoms. The molecule has 142 valence electrons. The summed E-state index contributed by atoms with van der Waals surface area (Å²) in [6.07, 6.45) is 6.38. The lowest BCUT2D eigenvalue weighted by molar-refractivity contribution is -0.132. The van der Waals surface area contributed by atoms with E-state index in [0.717, 1.165) is 48.6 Å². The first-order valence-electron chi connectivity index (χ1n) is 9.67. The van der Waals surface area contributed by atoms with E-state index in [0.29, 0.717) is 12.3 Å². The van der Waals surface area contributed by atoms with Gasteiger partial charge in [-0.3, -0.25) is 4.79 Å². The minimum absolute atomic E-state index is 0.126. The van der Waals surface area contributed by atoms with E-state index in [1.54, 1.807) is 0 Å². The molecule has 0 bridgehead atoms. The Balaban J connectivity index is 1.38. The van der Waals surface area contributed by atoms with Crippen molar-refractivity contribution in [3.63, 3.8) is 0 Å². The molecule has 1 fully saturated rings. The zero-order chi connectivity index (χ0) is 19.0. The van der Waals surface area contributed by atoms with E-state index >= 15 is 0 Å². The lowest BCUT2D eigenvalue weighted by Gasteiger charge is -2.32. The molecule has 6 heteroatoms. The van der Waals surface area contributed by atoms with Crippen LogP contribution < -0.4 is 0 Å². The number of carbonyl (C=O) groups excluding carboxylic acids is 1. The van der Waals surface area contributed by atoms with Gasteiger partial charge in [0.25, 0.3) is 0 Å². The summed E-state index contributed by atoms with van der Waals surface area (Å²) in [6, 6.07) is 4.10. The van der Waals surface area contributed by atoms with E-state index in [1.165, 1.54) is 10.9 Å². The Morgan fingerprint density at radius 2 is 2.15 bits per heavy atom. The van der Waals surface area contributed by atoms with Gasteiger partial charge in [0, 0.05) is 42.9 Å². The second kappa shape index (κ2) is 7.18. The van der Waals surface area contributed by atoms with Crippen LogP contribution in [0, 0.1) is 13.8 Å². The van der Waals surface area contributed by atoms with Gasteiger partial charge >= 0.3 is 0 Å². The van der Waals surface area contributed by atoms with Gasteiger partial charge in [-0.2, -0.15) is 0 Å². The smallest absolute Gasteiger partial charge is 0.223 e. The molecule has 27 heavy (non-hydrogen) atoms. The van der Waals surface area contributed by atoms with Crippen LogP contribution in [0.5, 0.6) is 0 Å². The molecule has 0 aromatic carbocycles. The van der Waals surface area contributed by atoms with Crippen molar-refractivity contribution < 1.29 is 9.32 Å². The summed E-state index contributed by atoms with van der Waals surface area (Å²) in [5.74, 6) is 1.65. The van der Waals surface area contributed by atoms with Crippen molar-refractivity contribution in [1.29, 1.82) is 0 Å². The fourth-order valence-corrected chi connectivity index (χ4v) is 4.44. The Morgan fingerprint density at radius 3 is 2.85 bits per heavy atom. The van der Waals surface area contributed by atoms with Gasteiger partial charge in [-0.15, -0.1) is 0 Å². The molecule has 3 aromatic heterocycles. The Morgan fingerprint density at radius 1 is 1.37 bits per heavy atom. The summed E-state index contributed by atoms with van der Waals surface area (Å²) in [4.78, 5) is 22.4. The van der Waals surface area contributed by atoms with Gasteiger partial charge in [0.15, 0.2) is 0 Å².